The van der Waals surface area contributed by atoms with Crippen molar-refractivity contribution < 1.29 is 44.9 Å². The minimum Gasteiger partial charge on any atom is -0.481 e. The summed E-state index contributed by atoms with van der Waals surface area (Å²) >= 11 is 0. The van der Waals surface area contributed by atoms with Gasteiger partial charge in [0.25, 0.3) is 0 Å². The summed E-state index contributed by atoms with van der Waals surface area (Å²) in [6, 6.07) is 0. The lowest BCUT2D eigenvalue weighted by molar-refractivity contribution is -0.333. The third-order valence-corrected chi connectivity index (χ3v) is 15.3. The molecule has 0 bridgehead atoms. The van der Waals surface area contributed by atoms with E-state index < -0.39 is 60.2 Å². The molecule has 0 aromatic heterocycles. The van der Waals surface area contributed by atoms with Gasteiger partial charge in [0.2, 0.25) is 0 Å². The van der Waals surface area contributed by atoms with Crippen molar-refractivity contribution >= 4 is 5.97 Å². The number of fused-ring (bicyclic) bond motifs is 7. The first-order valence-electron chi connectivity index (χ1n) is 17.4. The van der Waals surface area contributed by atoms with E-state index in [0.717, 1.165) is 57.8 Å². The number of rotatable bonds is 5. The highest BCUT2D eigenvalue weighted by molar-refractivity contribution is 5.76. The van der Waals surface area contributed by atoms with Crippen molar-refractivity contribution in [3.8, 4) is 0 Å². The van der Waals surface area contributed by atoms with Gasteiger partial charge in [-0.2, -0.15) is 0 Å². The minimum atomic E-state index is -1.51. The molecule has 1 saturated heterocycles. The van der Waals surface area contributed by atoms with Crippen molar-refractivity contribution in [1.82, 2.24) is 0 Å². The Balaban J connectivity index is 1.31. The first kappa shape index (κ1) is 33.8. The monoisotopic (exact) mass is 634 g/mol. The van der Waals surface area contributed by atoms with Gasteiger partial charge in [0.1, 0.15) is 24.4 Å². The molecule has 0 amide bonds. The van der Waals surface area contributed by atoms with Crippen LogP contribution in [0.15, 0.2) is 11.6 Å². The van der Waals surface area contributed by atoms with Crippen LogP contribution < -0.4 is 0 Å². The predicted molar refractivity (Wildman–Crippen MR) is 167 cm³/mol. The molecule has 256 valence electrons. The summed E-state index contributed by atoms with van der Waals surface area (Å²) in [5.74, 6) is -0.0763. The average Bonchev–Trinajstić information content (AvgIpc) is 2.98. The van der Waals surface area contributed by atoms with E-state index >= 15 is 0 Å². The van der Waals surface area contributed by atoms with Crippen molar-refractivity contribution in [1.29, 1.82) is 0 Å². The number of allylic oxidation sites excluding steroid dienone is 2. The Morgan fingerprint density at radius 3 is 2.22 bits per heavy atom. The van der Waals surface area contributed by atoms with E-state index in [1.165, 1.54) is 5.57 Å². The summed E-state index contributed by atoms with van der Waals surface area (Å²) in [7, 11) is 0. The molecule has 9 nitrogen and oxygen atoms in total. The quantitative estimate of drug-likeness (QED) is 0.194. The minimum absolute atomic E-state index is 0.0179. The van der Waals surface area contributed by atoms with Gasteiger partial charge in [0.05, 0.1) is 24.7 Å². The molecule has 6 N–H and O–H groups in total. The van der Waals surface area contributed by atoms with Crippen LogP contribution in [-0.4, -0.2) is 86.6 Å². The fourth-order valence-electron chi connectivity index (χ4n) is 12.2. The molecular weight excluding hydrogens is 576 g/mol. The van der Waals surface area contributed by atoms with Crippen LogP contribution in [0.25, 0.3) is 0 Å². The van der Waals surface area contributed by atoms with Crippen molar-refractivity contribution in [3.63, 3.8) is 0 Å². The summed E-state index contributed by atoms with van der Waals surface area (Å²) in [5.41, 5.74) is -0.00794. The van der Waals surface area contributed by atoms with E-state index in [-0.39, 0.29) is 40.1 Å². The summed E-state index contributed by atoms with van der Waals surface area (Å²) in [6.07, 6.45) is 3.78. The Hall–Kier alpha value is -1.07. The van der Waals surface area contributed by atoms with Crippen molar-refractivity contribution in [2.75, 3.05) is 13.2 Å². The topological polar surface area (TPSA) is 157 Å². The van der Waals surface area contributed by atoms with Crippen LogP contribution in [0.5, 0.6) is 0 Å². The van der Waals surface area contributed by atoms with Crippen LogP contribution in [0.2, 0.25) is 0 Å². The molecule has 6 rings (SSSR count). The van der Waals surface area contributed by atoms with Gasteiger partial charge >= 0.3 is 5.97 Å². The SMILES string of the molecule is CC1(C)CC[C@]2(C(=O)O)CC[C@]3(C)C(=CCC4[C@@]5(C)CC[C@H](OC6O[C@H](CO)[C@@H](O)[C@H](O)[C@H]6O)[C@@](C)(CO)C5CC[C@]43C)C2C1. The molecule has 5 fully saturated rings. The maximum Gasteiger partial charge on any atom is 0.310 e. The molecule has 0 radical (unpaired) electrons. The molecule has 4 unspecified atom stereocenters. The molecule has 9 heteroatoms. The van der Waals surface area contributed by atoms with Crippen LogP contribution in [0, 0.1) is 50.2 Å². The van der Waals surface area contributed by atoms with E-state index in [1.807, 2.05) is 0 Å². The van der Waals surface area contributed by atoms with Crippen molar-refractivity contribution in [2.24, 2.45) is 50.2 Å². The normalized spacial score (nSPS) is 54.1. The fourth-order valence-corrected chi connectivity index (χ4v) is 12.2. The van der Waals surface area contributed by atoms with Crippen LogP contribution in [0.4, 0.5) is 0 Å². The zero-order chi connectivity index (χ0) is 33.0. The van der Waals surface area contributed by atoms with Crippen molar-refractivity contribution in [2.45, 2.75) is 143 Å². The number of carboxylic acid groups (broad SMARTS) is 1. The maximum atomic E-state index is 12.9. The van der Waals surface area contributed by atoms with E-state index in [2.05, 4.69) is 47.6 Å². The summed E-state index contributed by atoms with van der Waals surface area (Å²) < 4.78 is 12.1. The van der Waals surface area contributed by atoms with Crippen molar-refractivity contribution in [3.05, 3.63) is 11.6 Å². The van der Waals surface area contributed by atoms with Gasteiger partial charge in [-0.15, -0.1) is 0 Å². The van der Waals surface area contributed by atoms with Crippen LogP contribution >= 0.6 is 0 Å². The summed E-state index contributed by atoms with van der Waals surface area (Å²) in [5, 5.41) is 62.7. The Morgan fingerprint density at radius 1 is 0.889 bits per heavy atom. The standard InChI is InChI=1S/C36H58O9/c1-31(2)13-15-36(30(42)43)16-14-34(5)20(21(36)17-31)7-8-24-32(3)11-10-25(33(4,19-38)23(32)9-12-35(24,34)6)45-29-28(41)27(40)26(39)22(18-37)44-29/h7,21-29,37-41H,8-19H2,1-6H3,(H,42,43)/t21?,22-,23?,24?,25+,26-,27+,28-,29?,32+,33+,34-,35-,36+/m1/s1. The molecule has 5 aliphatic carbocycles. The molecule has 45 heavy (non-hydrogen) atoms. The van der Waals surface area contributed by atoms with E-state index in [4.69, 9.17) is 9.47 Å². The molecule has 1 aliphatic heterocycles. The Bertz CT molecular complexity index is 1200. The highest BCUT2D eigenvalue weighted by atomic mass is 16.7. The molecular formula is C36H58O9. The van der Waals surface area contributed by atoms with Crippen LogP contribution in [-0.2, 0) is 14.3 Å². The predicted octanol–water partition coefficient (Wildman–Crippen LogP) is 4.03. The second kappa shape index (κ2) is 11.0. The van der Waals surface area contributed by atoms with Gasteiger partial charge in [-0.05, 0) is 104 Å². The van der Waals surface area contributed by atoms with E-state index in [9.17, 15) is 35.4 Å². The van der Waals surface area contributed by atoms with Gasteiger partial charge in [0.15, 0.2) is 6.29 Å². The molecule has 1 heterocycles. The number of aliphatic hydroxyl groups excluding tert-OH is 5. The molecule has 4 saturated carbocycles. The van der Waals surface area contributed by atoms with Crippen LogP contribution in [0.3, 0.4) is 0 Å². The Morgan fingerprint density at radius 2 is 1.58 bits per heavy atom. The molecule has 0 aromatic carbocycles. The number of carbonyl (C=O) groups is 1. The van der Waals surface area contributed by atoms with Crippen LogP contribution in [0.1, 0.15) is 106 Å². The first-order chi connectivity index (χ1) is 20.9. The zero-order valence-electron chi connectivity index (χ0n) is 28.2. The second-order valence-electron chi connectivity index (χ2n) is 17.7. The fraction of sp³-hybridized carbons (Fsp3) is 0.917. The van der Waals surface area contributed by atoms with Gasteiger partial charge in [-0.3, -0.25) is 4.79 Å². The number of hydrogen-bond donors (Lipinski definition) is 6. The van der Waals surface area contributed by atoms with Gasteiger partial charge in [-0.25, -0.2) is 0 Å². The number of aliphatic carboxylic acids is 1. The van der Waals surface area contributed by atoms with E-state index in [0.29, 0.717) is 12.3 Å². The lowest BCUT2D eigenvalue weighted by Crippen LogP contribution is -2.67. The maximum absolute atomic E-state index is 12.9. The Kier molecular flexibility index (Phi) is 8.25. The second-order valence-corrected chi connectivity index (χ2v) is 17.7. The molecule has 6 aliphatic rings. The molecule has 14 atom stereocenters. The molecule has 0 aromatic rings. The third-order valence-electron chi connectivity index (χ3n) is 15.3. The lowest BCUT2D eigenvalue weighted by Gasteiger charge is -2.71. The number of aliphatic hydroxyl groups is 5. The highest BCUT2D eigenvalue weighted by Gasteiger charge is 2.70. The Labute approximate surface area is 268 Å². The number of hydrogen-bond acceptors (Lipinski definition) is 8. The summed E-state index contributed by atoms with van der Waals surface area (Å²) in [6.45, 7) is 13.3. The van der Waals surface area contributed by atoms with Gasteiger partial charge < -0.3 is 40.1 Å². The summed E-state index contributed by atoms with van der Waals surface area (Å²) in [4.78, 5) is 12.9. The number of carboxylic acids is 1. The smallest absolute Gasteiger partial charge is 0.310 e. The van der Waals surface area contributed by atoms with Gasteiger partial charge in [0, 0.05) is 5.41 Å². The first-order valence-corrected chi connectivity index (χ1v) is 17.4. The van der Waals surface area contributed by atoms with E-state index in [1.54, 1.807) is 0 Å². The number of ether oxygens (including phenoxy) is 2. The lowest BCUT2D eigenvalue weighted by atomic mass is 9.33. The highest BCUT2D eigenvalue weighted by Crippen LogP contribution is 2.76. The third kappa shape index (κ3) is 4.61. The largest absolute Gasteiger partial charge is 0.481 e. The van der Waals surface area contributed by atoms with Gasteiger partial charge in [-0.1, -0.05) is 53.2 Å². The zero-order valence-corrected chi connectivity index (χ0v) is 28.2. The molecule has 0 spiro atoms. The average molecular weight is 635 g/mol.